The van der Waals surface area contributed by atoms with Gasteiger partial charge in [-0.05, 0) is 60.1 Å². The Balaban J connectivity index is 2.64. The first-order valence-corrected chi connectivity index (χ1v) is 6.28. The summed E-state index contributed by atoms with van der Waals surface area (Å²) >= 11 is 7.04. The van der Waals surface area contributed by atoms with Crippen LogP contribution in [0, 0.1) is 13.8 Å². The van der Waals surface area contributed by atoms with Gasteiger partial charge in [0.25, 0.3) is 0 Å². The first-order chi connectivity index (χ1) is 7.09. The van der Waals surface area contributed by atoms with Crippen molar-refractivity contribution in [1.29, 1.82) is 0 Å². The number of halogens is 2. The van der Waals surface area contributed by atoms with E-state index in [2.05, 4.69) is 80.6 Å². The lowest BCUT2D eigenvalue weighted by atomic mass is 10.3. The Morgan fingerprint density at radius 3 is 2.07 bits per heavy atom. The van der Waals surface area contributed by atoms with Crippen molar-refractivity contribution >= 4 is 31.9 Å². The van der Waals surface area contributed by atoms with Gasteiger partial charge in [-0.25, -0.2) is 0 Å². The molecular weight excluding hydrogens is 318 g/mol. The van der Waals surface area contributed by atoms with Gasteiger partial charge >= 0.3 is 0 Å². The minimum atomic E-state index is 1.08. The Morgan fingerprint density at radius 1 is 0.933 bits per heavy atom. The molecule has 2 aromatic rings. The molecule has 15 heavy (non-hydrogen) atoms. The van der Waals surface area contributed by atoms with Gasteiger partial charge in [-0.2, -0.15) is 0 Å². The highest BCUT2D eigenvalue weighted by Gasteiger charge is 2.07. The second-order valence-corrected chi connectivity index (χ2v) is 5.32. The monoisotopic (exact) mass is 327 g/mol. The summed E-state index contributed by atoms with van der Waals surface area (Å²) in [6.07, 6.45) is 0. The molecule has 0 unspecified atom stereocenters. The number of benzene rings is 1. The second kappa shape index (κ2) is 4.14. The largest absolute Gasteiger partial charge is 0.317 e. The van der Waals surface area contributed by atoms with Gasteiger partial charge in [0, 0.05) is 20.3 Å². The molecule has 0 saturated carbocycles. The zero-order valence-electron chi connectivity index (χ0n) is 8.59. The molecule has 1 aromatic carbocycles. The summed E-state index contributed by atoms with van der Waals surface area (Å²) in [7, 11) is 0. The maximum atomic E-state index is 3.59. The van der Waals surface area contributed by atoms with E-state index in [-0.39, 0.29) is 0 Å². The summed E-state index contributed by atoms with van der Waals surface area (Å²) < 4.78 is 4.41. The Hall–Kier alpha value is -0.540. The van der Waals surface area contributed by atoms with Crippen LogP contribution in [-0.2, 0) is 0 Å². The van der Waals surface area contributed by atoms with Crippen LogP contribution >= 0.6 is 31.9 Å². The molecule has 3 heteroatoms. The highest BCUT2D eigenvalue weighted by atomic mass is 79.9. The smallest absolute Gasteiger partial charge is 0.0597 e. The summed E-state index contributed by atoms with van der Waals surface area (Å²) in [6, 6.07) is 10.5. The number of rotatable bonds is 1. The molecule has 0 aliphatic carbocycles. The fourth-order valence-electron chi connectivity index (χ4n) is 1.71. The lowest BCUT2D eigenvalue weighted by molar-refractivity contribution is 0.960. The van der Waals surface area contributed by atoms with E-state index < -0.39 is 0 Å². The number of aryl methyl sites for hydroxylation is 2. The number of hydrogen-bond donors (Lipinski definition) is 0. The van der Waals surface area contributed by atoms with Crippen molar-refractivity contribution in [1.82, 2.24) is 4.57 Å². The molecular formula is C12H11Br2N. The van der Waals surface area contributed by atoms with Crippen molar-refractivity contribution in [2.45, 2.75) is 13.8 Å². The van der Waals surface area contributed by atoms with E-state index in [1.54, 1.807) is 0 Å². The standard InChI is InChI=1S/C12H11Br2N/c1-8-3-4-9(2)15(8)12-6-5-10(13)7-11(12)14/h3-7H,1-2H3. The Bertz CT molecular complexity index is 481. The van der Waals surface area contributed by atoms with Crippen LogP contribution < -0.4 is 0 Å². The molecule has 0 N–H and O–H groups in total. The second-order valence-electron chi connectivity index (χ2n) is 3.55. The molecule has 0 saturated heterocycles. The maximum absolute atomic E-state index is 3.59. The molecule has 0 spiro atoms. The zero-order valence-corrected chi connectivity index (χ0v) is 11.8. The van der Waals surface area contributed by atoms with Crippen LogP contribution in [0.5, 0.6) is 0 Å². The summed E-state index contributed by atoms with van der Waals surface area (Å²) in [5, 5.41) is 0. The molecule has 0 aliphatic rings. The van der Waals surface area contributed by atoms with Gasteiger partial charge in [-0.15, -0.1) is 0 Å². The quantitative estimate of drug-likeness (QED) is 0.720. The molecule has 0 atom stereocenters. The molecule has 0 aliphatic heterocycles. The highest BCUT2D eigenvalue weighted by Crippen LogP contribution is 2.27. The topological polar surface area (TPSA) is 4.93 Å². The maximum Gasteiger partial charge on any atom is 0.0597 e. The van der Waals surface area contributed by atoms with Crippen molar-refractivity contribution in [2.75, 3.05) is 0 Å². The van der Waals surface area contributed by atoms with Crippen LogP contribution in [-0.4, -0.2) is 4.57 Å². The predicted octanol–water partition coefficient (Wildman–Crippen LogP) is 4.62. The van der Waals surface area contributed by atoms with Gasteiger partial charge in [0.15, 0.2) is 0 Å². The molecule has 0 fully saturated rings. The van der Waals surface area contributed by atoms with E-state index in [0.29, 0.717) is 0 Å². The Morgan fingerprint density at radius 2 is 1.53 bits per heavy atom. The van der Waals surface area contributed by atoms with Crippen molar-refractivity contribution in [3.63, 3.8) is 0 Å². The number of nitrogens with zero attached hydrogens (tertiary/aromatic N) is 1. The van der Waals surface area contributed by atoms with Crippen LogP contribution in [0.25, 0.3) is 5.69 Å². The average Bonchev–Trinajstić information content (AvgIpc) is 2.48. The molecule has 1 aromatic heterocycles. The van der Waals surface area contributed by atoms with Crippen molar-refractivity contribution in [2.24, 2.45) is 0 Å². The Labute approximate surface area is 106 Å². The van der Waals surface area contributed by atoms with Crippen molar-refractivity contribution < 1.29 is 0 Å². The van der Waals surface area contributed by atoms with E-state index in [1.165, 1.54) is 17.1 Å². The number of aromatic nitrogens is 1. The molecule has 1 nitrogen and oxygen atoms in total. The summed E-state index contributed by atoms with van der Waals surface area (Å²) in [5.41, 5.74) is 3.67. The fourth-order valence-corrected chi connectivity index (χ4v) is 2.94. The van der Waals surface area contributed by atoms with Crippen LogP contribution in [0.4, 0.5) is 0 Å². The summed E-state index contributed by atoms with van der Waals surface area (Å²) in [4.78, 5) is 0. The van der Waals surface area contributed by atoms with E-state index in [4.69, 9.17) is 0 Å². The third-order valence-corrected chi connectivity index (χ3v) is 3.55. The van der Waals surface area contributed by atoms with E-state index in [9.17, 15) is 0 Å². The normalized spacial score (nSPS) is 10.7. The summed E-state index contributed by atoms with van der Waals surface area (Å²) in [6.45, 7) is 4.23. The predicted molar refractivity (Wildman–Crippen MR) is 70.6 cm³/mol. The van der Waals surface area contributed by atoms with E-state index >= 15 is 0 Å². The van der Waals surface area contributed by atoms with E-state index in [1.807, 2.05) is 0 Å². The van der Waals surface area contributed by atoms with Gasteiger partial charge in [0.1, 0.15) is 0 Å². The van der Waals surface area contributed by atoms with Crippen molar-refractivity contribution in [3.8, 4) is 5.69 Å². The molecule has 78 valence electrons. The highest BCUT2D eigenvalue weighted by molar-refractivity contribution is 9.11. The van der Waals surface area contributed by atoms with Crippen LogP contribution in [0.3, 0.4) is 0 Å². The van der Waals surface area contributed by atoms with Crippen LogP contribution in [0.15, 0.2) is 39.3 Å². The first-order valence-electron chi connectivity index (χ1n) is 4.70. The minimum absolute atomic E-state index is 1.08. The number of hydrogen-bond acceptors (Lipinski definition) is 0. The lowest BCUT2D eigenvalue weighted by Gasteiger charge is -2.11. The fraction of sp³-hybridized carbons (Fsp3) is 0.167. The van der Waals surface area contributed by atoms with Crippen molar-refractivity contribution in [3.05, 3.63) is 50.7 Å². The van der Waals surface area contributed by atoms with Gasteiger partial charge < -0.3 is 4.57 Å². The van der Waals surface area contributed by atoms with Crippen LogP contribution in [0.2, 0.25) is 0 Å². The van der Waals surface area contributed by atoms with Gasteiger partial charge in [0.2, 0.25) is 0 Å². The molecule has 1 heterocycles. The summed E-state index contributed by atoms with van der Waals surface area (Å²) in [5.74, 6) is 0. The van der Waals surface area contributed by atoms with E-state index in [0.717, 1.165) is 8.95 Å². The molecule has 0 amide bonds. The Kier molecular flexibility index (Phi) is 3.03. The van der Waals surface area contributed by atoms with Gasteiger partial charge in [-0.1, -0.05) is 15.9 Å². The van der Waals surface area contributed by atoms with Gasteiger partial charge in [-0.3, -0.25) is 0 Å². The average molecular weight is 329 g/mol. The van der Waals surface area contributed by atoms with Crippen LogP contribution in [0.1, 0.15) is 11.4 Å². The SMILES string of the molecule is Cc1ccc(C)n1-c1ccc(Br)cc1Br. The zero-order chi connectivity index (χ0) is 11.0. The first kappa shape index (κ1) is 11.0. The lowest BCUT2D eigenvalue weighted by Crippen LogP contribution is -1.99. The van der Waals surface area contributed by atoms with Gasteiger partial charge in [0.05, 0.1) is 5.69 Å². The molecule has 0 radical (unpaired) electrons. The minimum Gasteiger partial charge on any atom is -0.317 e. The molecule has 2 rings (SSSR count). The third-order valence-electron chi connectivity index (χ3n) is 2.42. The third kappa shape index (κ3) is 2.04. The molecule has 0 bridgehead atoms.